The Morgan fingerprint density at radius 1 is 0.842 bits per heavy atom. The SMILES string of the molecule is CC1CCc2ccc3c(ccc4ccccc43)c2C1. The van der Waals surface area contributed by atoms with Gasteiger partial charge in [0.25, 0.3) is 0 Å². The first-order valence-electron chi connectivity index (χ1n) is 7.25. The smallest absolute Gasteiger partial charge is 0.0102 e. The van der Waals surface area contributed by atoms with Crippen LogP contribution in [0.1, 0.15) is 24.5 Å². The molecule has 1 aliphatic carbocycles. The van der Waals surface area contributed by atoms with Gasteiger partial charge in [-0.25, -0.2) is 0 Å². The lowest BCUT2D eigenvalue weighted by molar-refractivity contribution is 0.504. The van der Waals surface area contributed by atoms with E-state index in [0.29, 0.717) is 0 Å². The summed E-state index contributed by atoms with van der Waals surface area (Å²) < 4.78 is 0. The molecule has 0 spiro atoms. The topological polar surface area (TPSA) is 0 Å². The van der Waals surface area contributed by atoms with E-state index in [1.807, 2.05) is 0 Å². The van der Waals surface area contributed by atoms with Gasteiger partial charge in [-0.05, 0) is 57.9 Å². The minimum absolute atomic E-state index is 0.824. The number of hydrogen-bond donors (Lipinski definition) is 0. The third-order valence-electron chi connectivity index (χ3n) is 4.59. The second kappa shape index (κ2) is 4.09. The number of hydrogen-bond acceptors (Lipinski definition) is 0. The molecule has 0 radical (unpaired) electrons. The van der Waals surface area contributed by atoms with Crippen molar-refractivity contribution in [3.63, 3.8) is 0 Å². The fourth-order valence-corrected chi connectivity index (χ4v) is 3.52. The van der Waals surface area contributed by atoms with E-state index >= 15 is 0 Å². The van der Waals surface area contributed by atoms with Gasteiger partial charge in [-0.1, -0.05) is 55.5 Å². The molecule has 0 heteroatoms. The van der Waals surface area contributed by atoms with Gasteiger partial charge in [0.1, 0.15) is 0 Å². The van der Waals surface area contributed by atoms with Gasteiger partial charge in [0.15, 0.2) is 0 Å². The van der Waals surface area contributed by atoms with Crippen LogP contribution in [0.25, 0.3) is 21.5 Å². The van der Waals surface area contributed by atoms with Gasteiger partial charge in [0.05, 0.1) is 0 Å². The molecular weight excluding hydrogens is 228 g/mol. The largest absolute Gasteiger partial charge is 0.0622 e. The van der Waals surface area contributed by atoms with Gasteiger partial charge in [0, 0.05) is 0 Å². The van der Waals surface area contributed by atoms with E-state index in [0.717, 1.165) is 5.92 Å². The normalized spacial score (nSPS) is 18.7. The predicted octanol–water partition coefficient (Wildman–Crippen LogP) is 5.12. The van der Waals surface area contributed by atoms with E-state index in [4.69, 9.17) is 0 Å². The molecule has 3 aromatic rings. The highest BCUT2D eigenvalue weighted by Gasteiger charge is 2.17. The van der Waals surface area contributed by atoms with Gasteiger partial charge < -0.3 is 0 Å². The van der Waals surface area contributed by atoms with Crippen LogP contribution in [0.5, 0.6) is 0 Å². The summed E-state index contributed by atoms with van der Waals surface area (Å²) in [4.78, 5) is 0. The van der Waals surface area contributed by atoms with Crippen LogP contribution in [-0.2, 0) is 12.8 Å². The third-order valence-corrected chi connectivity index (χ3v) is 4.59. The minimum Gasteiger partial charge on any atom is -0.0622 e. The second-order valence-electron chi connectivity index (χ2n) is 5.93. The first kappa shape index (κ1) is 11.0. The Labute approximate surface area is 114 Å². The molecule has 0 saturated heterocycles. The van der Waals surface area contributed by atoms with Crippen molar-refractivity contribution in [2.75, 3.05) is 0 Å². The van der Waals surface area contributed by atoms with Gasteiger partial charge in [-0.15, -0.1) is 0 Å². The monoisotopic (exact) mass is 246 g/mol. The summed E-state index contributed by atoms with van der Waals surface area (Å²) in [6.07, 6.45) is 3.83. The summed E-state index contributed by atoms with van der Waals surface area (Å²) in [6, 6.07) is 18.0. The van der Waals surface area contributed by atoms with Crippen LogP contribution in [-0.4, -0.2) is 0 Å². The predicted molar refractivity (Wildman–Crippen MR) is 82.6 cm³/mol. The van der Waals surface area contributed by atoms with E-state index in [1.165, 1.54) is 40.8 Å². The standard InChI is InChI=1S/C19H18/c1-13-6-7-15-9-10-17-16-5-3-2-4-14(16)8-11-18(17)19(15)12-13/h2-5,8-11,13H,6-7,12H2,1H3. The molecule has 0 aliphatic heterocycles. The molecule has 0 bridgehead atoms. The molecule has 0 aromatic heterocycles. The Kier molecular flexibility index (Phi) is 2.38. The number of fused-ring (bicyclic) bond motifs is 5. The first-order chi connectivity index (χ1) is 9.33. The third kappa shape index (κ3) is 1.67. The van der Waals surface area contributed by atoms with Crippen molar-refractivity contribution in [3.8, 4) is 0 Å². The molecular formula is C19H18. The highest BCUT2D eigenvalue weighted by molar-refractivity contribution is 6.08. The van der Waals surface area contributed by atoms with Crippen molar-refractivity contribution in [2.24, 2.45) is 5.92 Å². The van der Waals surface area contributed by atoms with Crippen molar-refractivity contribution in [3.05, 3.63) is 59.7 Å². The number of aryl methyl sites for hydroxylation is 1. The van der Waals surface area contributed by atoms with Crippen LogP contribution in [0.4, 0.5) is 0 Å². The summed E-state index contributed by atoms with van der Waals surface area (Å²) in [5.74, 6) is 0.824. The van der Waals surface area contributed by atoms with E-state index in [1.54, 1.807) is 11.1 Å². The molecule has 4 rings (SSSR count). The van der Waals surface area contributed by atoms with Crippen molar-refractivity contribution in [2.45, 2.75) is 26.2 Å². The highest BCUT2D eigenvalue weighted by atomic mass is 14.2. The Morgan fingerprint density at radius 2 is 1.68 bits per heavy atom. The Hall–Kier alpha value is -1.82. The lowest BCUT2D eigenvalue weighted by Gasteiger charge is -2.23. The Balaban J connectivity index is 2.10. The Morgan fingerprint density at radius 3 is 2.63 bits per heavy atom. The second-order valence-corrected chi connectivity index (χ2v) is 5.93. The Bertz CT molecular complexity index is 767. The van der Waals surface area contributed by atoms with E-state index in [9.17, 15) is 0 Å². The van der Waals surface area contributed by atoms with Crippen LogP contribution in [0.15, 0.2) is 48.5 Å². The average molecular weight is 246 g/mol. The van der Waals surface area contributed by atoms with Crippen LogP contribution in [0, 0.1) is 5.92 Å². The lowest BCUT2D eigenvalue weighted by atomic mass is 9.82. The molecule has 0 nitrogen and oxygen atoms in total. The van der Waals surface area contributed by atoms with Crippen LogP contribution >= 0.6 is 0 Å². The van der Waals surface area contributed by atoms with Crippen molar-refractivity contribution < 1.29 is 0 Å². The molecule has 0 amide bonds. The molecule has 0 saturated carbocycles. The van der Waals surface area contributed by atoms with Crippen LogP contribution in [0.2, 0.25) is 0 Å². The molecule has 3 aromatic carbocycles. The van der Waals surface area contributed by atoms with E-state index in [2.05, 4.69) is 55.5 Å². The van der Waals surface area contributed by atoms with Crippen molar-refractivity contribution in [1.29, 1.82) is 0 Å². The van der Waals surface area contributed by atoms with Gasteiger partial charge in [-0.2, -0.15) is 0 Å². The maximum atomic E-state index is 2.38. The summed E-state index contributed by atoms with van der Waals surface area (Å²) >= 11 is 0. The average Bonchev–Trinajstić information content (AvgIpc) is 2.46. The van der Waals surface area contributed by atoms with Gasteiger partial charge >= 0.3 is 0 Å². The van der Waals surface area contributed by atoms with Crippen molar-refractivity contribution in [1.82, 2.24) is 0 Å². The van der Waals surface area contributed by atoms with Crippen LogP contribution in [0.3, 0.4) is 0 Å². The molecule has 1 aliphatic rings. The maximum absolute atomic E-state index is 2.38. The van der Waals surface area contributed by atoms with Gasteiger partial charge in [0.2, 0.25) is 0 Å². The molecule has 19 heavy (non-hydrogen) atoms. The number of rotatable bonds is 0. The quantitative estimate of drug-likeness (QED) is 0.483. The molecule has 0 fully saturated rings. The van der Waals surface area contributed by atoms with E-state index in [-0.39, 0.29) is 0 Å². The molecule has 0 N–H and O–H groups in total. The first-order valence-corrected chi connectivity index (χ1v) is 7.25. The molecule has 0 heterocycles. The van der Waals surface area contributed by atoms with Crippen LogP contribution < -0.4 is 0 Å². The molecule has 1 unspecified atom stereocenters. The zero-order valence-corrected chi connectivity index (χ0v) is 11.3. The summed E-state index contributed by atoms with van der Waals surface area (Å²) in [6.45, 7) is 2.38. The summed E-state index contributed by atoms with van der Waals surface area (Å²) in [7, 11) is 0. The fraction of sp³-hybridized carbons (Fsp3) is 0.263. The highest BCUT2D eigenvalue weighted by Crippen LogP contribution is 2.34. The fourth-order valence-electron chi connectivity index (χ4n) is 3.52. The summed E-state index contributed by atoms with van der Waals surface area (Å²) in [5, 5.41) is 5.63. The van der Waals surface area contributed by atoms with Gasteiger partial charge in [-0.3, -0.25) is 0 Å². The summed E-state index contributed by atoms with van der Waals surface area (Å²) in [5.41, 5.74) is 3.17. The molecule has 1 atom stereocenters. The minimum atomic E-state index is 0.824. The molecule has 94 valence electrons. The maximum Gasteiger partial charge on any atom is -0.0102 e. The van der Waals surface area contributed by atoms with Crippen molar-refractivity contribution >= 4 is 21.5 Å². The lowest BCUT2D eigenvalue weighted by Crippen LogP contribution is -2.11. The zero-order valence-electron chi connectivity index (χ0n) is 11.3. The number of benzene rings is 3. The van der Waals surface area contributed by atoms with E-state index < -0.39 is 0 Å². The zero-order chi connectivity index (χ0) is 12.8.